The van der Waals surface area contributed by atoms with E-state index >= 15 is 0 Å². The molecule has 80 valence electrons. The Bertz CT molecular complexity index is 477. The number of benzene rings is 1. The molecule has 0 amide bonds. The van der Waals surface area contributed by atoms with Crippen molar-refractivity contribution in [2.75, 3.05) is 0 Å². The van der Waals surface area contributed by atoms with Crippen molar-refractivity contribution in [1.82, 2.24) is 0 Å². The van der Waals surface area contributed by atoms with Crippen molar-refractivity contribution in [2.45, 2.75) is 11.3 Å². The largest absolute Gasteiger partial charge is 0.332 e. The summed E-state index contributed by atoms with van der Waals surface area (Å²) in [6.45, 7) is 0. The molecule has 0 unspecified atom stereocenters. The molecular formula is C10H9FO3S. The highest BCUT2D eigenvalue weighted by molar-refractivity contribution is 7.86. The minimum Gasteiger partial charge on any atom is -0.303 e. The number of hydrogen-bond acceptors (Lipinski definition) is 3. The van der Waals surface area contributed by atoms with Crippen LogP contribution in [0.2, 0.25) is 0 Å². The van der Waals surface area contributed by atoms with Gasteiger partial charge in [0.1, 0.15) is 11.2 Å². The molecule has 0 N–H and O–H groups in total. The van der Waals surface area contributed by atoms with E-state index in [2.05, 4.69) is 0 Å². The van der Waals surface area contributed by atoms with Gasteiger partial charge in [0, 0.05) is 6.42 Å². The van der Waals surface area contributed by atoms with Gasteiger partial charge in [0.25, 0.3) is 0 Å². The van der Waals surface area contributed by atoms with E-state index in [1.165, 1.54) is 30.4 Å². The van der Waals surface area contributed by atoms with Crippen LogP contribution < -0.4 is 0 Å². The van der Waals surface area contributed by atoms with Crippen molar-refractivity contribution in [1.29, 1.82) is 0 Å². The number of rotatable bonds is 4. The predicted molar refractivity (Wildman–Crippen MR) is 54.5 cm³/mol. The third kappa shape index (κ3) is 3.28. The van der Waals surface area contributed by atoms with Gasteiger partial charge in [-0.1, -0.05) is 30.4 Å². The molecule has 15 heavy (non-hydrogen) atoms. The summed E-state index contributed by atoms with van der Waals surface area (Å²) in [4.78, 5) is 9.65. The first-order chi connectivity index (χ1) is 7.05. The SMILES string of the molecule is O=CCC=Cc1ccccc1S(=O)(=O)F. The molecule has 1 aromatic carbocycles. The van der Waals surface area contributed by atoms with E-state index in [-0.39, 0.29) is 16.9 Å². The first-order valence-electron chi connectivity index (χ1n) is 4.19. The molecule has 0 aliphatic carbocycles. The lowest BCUT2D eigenvalue weighted by molar-refractivity contribution is -0.107. The molecule has 0 spiro atoms. The quantitative estimate of drug-likeness (QED) is 0.584. The zero-order valence-electron chi connectivity index (χ0n) is 7.76. The van der Waals surface area contributed by atoms with Gasteiger partial charge in [0.15, 0.2) is 0 Å². The third-order valence-electron chi connectivity index (χ3n) is 1.71. The van der Waals surface area contributed by atoms with Gasteiger partial charge in [0.2, 0.25) is 0 Å². The van der Waals surface area contributed by atoms with Crippen LogP contribution in [0.5, 0.6) is 0 Å². The summed E-state index contributed by atoms with van der Waals surface area (Å²) < 4.78 is 34.2. The predicted octanol–water partition coefficient (Wildman–Crippen LogP) is 1.95. The van der Waals surface area contributed by atoms with E-state index in [0.717, 1.165) is 0 Å². The highest BCUT2D eigenvalue weighted by atomic mass is 32.3. The van der Waals surface area contributed by atoms with Crippen molar-refractivity contribution in [2.24, 2.45) is 0 Å². The fraction of sp³-hybridized carbons (Fsp3) is 0.100. The van der Waals surface area contributed by atoms with Gasteiger partial charge in [-0.15, -0.1) is 3.89 Å². The molecule has 0 saturated heterocycles. The molecule has 0 fully saturated rings. The first kappa shape index (κ1) is 11.6. The summed E-state index contributed by atoms with van der Waals surface area (Å²) in [5.41, 5.74) is 0.238. The van der Waals surface area contributed by atoms with E-state index in [9.17, 15) is 17.1 Å². The van der Waals surface area contributed by atoms with Crippen LogP contribution >= 0.6 is 0 Å². The van der Waals surface area contributed by atoms with E-state index in [1.54, 1.807) is 6.07 Å². The third-order valence-corrected chi connectivity index (χ3v) is 2.61. The molecule has 0 aromatic heterocycles. The minimum atomic E-state index is -4.71. The molecule has 0 radical (unpaired) electrons. The van der Waals surface area contributed by atoms with Gasteiger partial charge in [-0.05, 0) is 11.6 Å². The number of allylic oxidation sites excluding steroid dienone is 1. The van der Waals surface area contributed by atoms with Crippen molar-refractivity contribution in [3.63, 3.8) is 0 Å². The fourth-order valence-electron chi connectivity index (χ4n) is 1.09. The molecule has 0 atom stereocenters. The molecule has 1 rings (SSSR count). The average Bonchev–Trinajstić information content (AvgIpc) is 2.17. The van der Waals surface area contributed by atoms with Crippen LogP contribution in [-0.2, 0) is 15.0 Å². The summed E-state index contributed by atoms with van der Waals surface area (Å²) in [6.07, 6.45) is 3.71. The summed E-state index contributed by atoms with van der Waals surface area (Å²) in [5.74, 6) is 0. The van der Waals surface area contributed by atoms with Crippen LogP contribution in [-0.4, -0.2) is 14.7 Å². The van der Waals surface area contributed by atoms with Crippen LogP contribution in [0.4, 0.5) is 3.89 Å². The van der Waals surface area contributed by atoms with Gasteiger partial charge >= 0.3 is 10.2 Å². The van der Waals surface area contributed by atoms with E-state index < -0.39 is 10.2 Å². The Morgan fingerprint density at radius 1 is 1.27 bits per heavy atom. The van der Waals surface area contributed by atoms with Gasteiger partial charge in [-0.25, -0.2) is 0 Å². The Morgan fingerprint density at radius 3 is 2.53 bits per heavy atom. The van der Waals surface area contributed by atoms with Gasteiger partial charge in [-0.3, -0.25) is 0 Å². The molecule has 0 aliphatic rings. The Balaban J connectivity index is 3.13. The topological polar surface area (TPSA) is 51.2 Å². The summed E-state index contributed by atoms with van der Waals surface area (Å²) in [7, 11) is -4.71. The standard InChI is InChI=1S/C10H9FO3S/c11-15(13,14)10-7-2-1-5-9(10)6-3-4-8-12/h1-3,5-8H,4H2. The lowest BCUT2D eigenvalue weighted by Crippen LogP contribution is -1.94. The van der Waals surface area contributed by atoms with Crippen LogP contribution in [0.3, 0.4) is 0 Å². The van der Waals surface area contributed by atoms with Crippen LogP contribution in [0.1, 0.15) is 12.0 Å². The molecular weight excluding hydrogens is 219 g/mol. The van der Waals surface area contributed by atoms with Crippen molar-refractivity contribution in [3.8, 4) is 0 Å². The average molecular weight is 228 g/mol. The fourth-order valence-corrected chi connectivity index (χ4v) is 1.75. The maximum atomic E-state index is 12.8. The number of hydrogen-bond donors (Lipinski definition) is 0. The molecule has 0 heterocycles. The van der Waals surface area contributed by atoms with Crippen LogP contribution in [0, 0.1) is 0 Å². The van der Waals surface area contributed by atoms with Crippen molar-refractivity contribution < 1.29 is 17.1 Å². The second-order valence-corrected chi connectivity index (χ2v) is 4.10. The van der Waals surface area contributed by atoms with Crippen LogP contribution in [0.25, 0.3) is 6.08 Å². The maximum Gasteiger partial charge on any atom is 0.332 e. The Hall–Kier alpha value is -1.49. The van der Waals surface area contributed by atoms with Crippen molar-refractivity contribution in [3.05, 3.63) is 35.9 Å². The lowest BCUT2D eigenvalue weighted by Gasteiger charge is -1.99. The number of carbonyl (C=O) groups is 1. The normalized spacial score (nSPS) is 11.8. The second kappa shape index (κ2) is 4.84. The lowest BCUT2D eigenvalue weighted by atomic mass is 10.2. The molecule has 1 aromatic rings. The van der Waals surface area contributed by atoms with Gasteiger partial charge in [0.05, 0.1) is 0 Å². The molecule has 5 heteroatoms. The highest BCUT2D eigenvalue weighted by Crippen LogP contribution is 2.18. The summed E-state index contributed by atoms with van der Waals surface area (Å²) in [6, 6.07) is 5.67. The smallest absolute Gasteiger partial charge is 0.303 e. The molecule has 3 nitrogen and oxygen atoms in total. The minimum absolute atomic E-state index is 0.167. The second-order valence-electron chi connectivity index (χ2n) is 2.78. The Kier molecular flexibility index (Phi) is 3.74. The first-order valence-corrected chi connectivity index (χ1v) is 5.58. The molecule has 0 bridgehead atoms. The highest BCUT2D eigenvalue weighted by Gasteiger charge is 2.14. The van der Waals surface area contributed by atoms with Crippen LogP contribution in [0.15, 0.2) is 35.2 Å². The Labute approximate surface area is 87.4 Å². The van der Waals surface area contributed by atoms with Gasteiger partial charge in [-0.2, -0.15) is 8.42 Å². The maximum absolute atomic E-state index is 12.8. The monoisotopic (exact) mass is 228 g/mol. The van der Waals surface area contributed by atoms with E-state index in [4.69, 9.17) is 0 Å². The summed E-state index contributed by atoms with van der Waals surface area (Å²) >= 11 is 0. The van der Waals surface area contributed by atoms with E-state index in [0.29, 0.717) is 6.29 Å². The number of halogens is 1. The van der Waals surface area contributed by atoms with Crippen molar-refractivity contribution >= 4 is 22.6 Å². The molecule has 0 saturated carbocycles. The zero-order chi connectivity index (χ0) is 11.3. The summed E-state index contributed by atoms with van der Waals surface area (Å²) in [5, 5.41) is 0. The Morgan fingerprint density at radius 2 is 1.93 bits per heavy atom. The molecule has 0 aliphatic heterocycles. The van der Waals surface area contributed by atoms with Gasteiger partial charge < -0.3 is 4.79 Å². The number of carbonyl (C=O) groups excluding carboxylic acids is 1. The van der Waals surface area contributed by atoms with E-state index in [1.807, 2.05) is 0 Å². The zero-order valence-corrected chi connectivity index (χ0v) is 8.58. The number of aldehydes is 1.